The predicted molar refractivity (Wildman–Crippen MR) is 63.2 cm³/mol. The van der Waals surface area contributed by atoms with Crippen LogP contribution in [0.2, 0.25) is 5.02 Å². The molecule has 0 aliphatic heterocycles. The highest BCUT2D eigenvalue weighted by atomic mass is 35.5. The lowest BCUT2D eigenvalue weighted by Gasteiger charge is -2.14. The highest BCUT2D eigenvalue weighted by Crippen LogP contribution is 2.25. The van der Waals surface area contributed by atoms with Crippen molar-refractivity contribution in [1.82, 2.24) is 5.32 Å². The van der Waals surface area contributed by atoms with Crippen molar-refractivity contribution in [3.05, 3.63) is 34.9 Å². The van der Waals surface area contributed by atoms with Crippen molar-refractivity contribution in [2.45, 2.75) is 25.7 Å². The zero-order valence-corrected chi connectivity index (χ0v) is 9.84. The van der Waals surface area contributed by atoms with E-state index >= 15 is 0 Å². The van der Waals surface area contributed by atoms with Crippen LogP contribution in [-0.4, -0.2) is 13.0 Å². The Hall–Kier alpha value is -1.02. The second-order valence-electron chi connectivity index (χ2n) is 3.54. The van der Waals surface area contributed by atoms with Gasteiger partial charge < -0.3 is 5.32 Å². The molecule has 1 unspecified atom stereocenters. The molecule has 1 rings (SSSR count). The van der Waals surface area contributed by atoms with Gasteiger partial charge in [0.2, 0.25) is 5.91 Å². The molecule has 0 saturated carbocycles. The van der Waals surface area contributed by atoms with Gasteiger partial charge in [0.05, 0.1) is 0 Å². The van der Waals surface area contributed by atoms with Crippen molar-refractivity contribution < 1.29 is 4.79 Å². The Morgan fingerprint density at radius 2 is 2.27 bits per heavy atom. The number of nitrogens with one attached hydrogen (secondary N) is 1. The van der Waals surface area contributed by atoms with E-state index in [4.69, 9.17) is 11.6 Å². The molecule has 0 heterocycles. The summed E-state index contributed by atoms with van der Waals surface area (Å²) in [4.78, 5) is 11.3. The minimum Gasteiger partial charge on any atom is -0.359 e. The monoisotopic (exact) mass is 225 g/mol. The van der Waals surface area contributed by atoms with Gasteiger partial charge in [0.25, 0.3) is 0 Å². The van der Waals surface area contributed by atoms with Crippen LogP contribution in [0.25, 0.3) is 0 Å². The third kappa shape index (κ3) is 3.56. The Balaban J connectivity index is 2.78. The summed E-state index contributed by atoms with van der Waals surface area (Å²) in [5.41, 5.74) is 1.13. The second kappa shape index (κ2) is 5.76. The van der Waals surface area contributed by atoms with E-state index in [2.05, 4.69) is 12.2 Å². The van der Waals surface area contributed by atoms with Gasteiger partial charge in [-0.1, -0.05) is 30.7 Å². The first-order chi connectivity index (χ1) is 7.17. The molecule has 1 atom stereocenters. The zero-order chi connectivity index (χ0) is 11.3. The van der Waals surface area contributed by atoms with Crippen molar-refractivity contribution in [2.75, 3.05) is 7.05 Å². The maximum Gasteiger partial charge on any atom is 0.220 e. The Labute approximate surface area is 95.6 Å². The van der Waals surface area contributed by atoms with Crippen molar-refractivity contribution in [3.63, 3.8) is 0 Å². The number of hydrogen-bond acceptors (Lipinski definition) is 1. The Kier molecular flexibility index (Phi) is 4.63. The van der Waals surface area contributed by atoms with E-state index in [0.29, 0.717) is 6.42 Å². The van der Waals surface area contributed by atoms with E-state index in [1.54, 1.807) is 7.05 Å². The van der Waals surface area contributed by atoms with Crippen LogP contribution in [0.4, 0.5) is 0 Å². The van der Waals surface area contributed by atoms with E-state index in [0.717, 1.165) is 17.0 Å². The molecule has 1 N–H and O–H groups in total. The van der Waals surface area contributed by atoms with Gasteiger partial charge in [-0.25, -0.2) is 0 Å². The van der Waals surface area contributed by atoms with Crippen LogP contribution >= 0.6 is 11.6 Å². The molecular formula is C12H16ClNO. The maximum atomic E-state index is 11.3. The molecule has 0 radical (unpaired) electrons. The molecule has 0 bridgehead atoms. The van der Waals surface area contributed by atoms with Gasteiger partial charge >= 0.3 is 0 Å². The van der Waals surface area contributed by atoms with Gasteiger partial charge in [0.1, 0.15) is 0 Å². The lowest BCUT2D eigenvalue weighted by atomic mass is 9.93. The summed E-state index contributed by atoms with van der Waals surface area (Å²) in [6.07, 6.45) is 1.46. The summed E-state index contributed by atoms with van der Waals surface area (Å²) in [6.45, 7) is 2.08. The van der Waals surface area contributed by atoms with Gasteiger partial charge in [-0.2, -0.15) is 0 Å². The third-order valence-electron chi connectivity index (χ3n) is 2.52. The molecule has 82 valence electrons. The first-order valence-corrected chi connectivity index (χ1v) is 5.51. The Morgan fingerprint density at radius 1 is 1.53 bits per heavy atom. The Morgan fingerprint density at radius 3 is 2.80 bits per heavy atom. The summed E-state index contributed by atoms with van der Waals surface area (Å²) in [7, 11) is 1.66. The van der Waals surface area contributed by atoms with Crippen LogP contribution in [-0.2, 0) is 4.79 Å². The molecular weight excluding hydrogens is 210 g/mol. The van der Waals surface area contributed by atoms with Gasteiger partial charge in [-0.15, -0.1) is 0 Å². The number of carbonyl (C=O) groups excluding carboxylic acids is 1. The molecule has 1 aromatic rings. The molecule has 2 nitrogen and oxygen atoms in total. The third-order valence-corrected chi connectivity index (χ3v) is 2.76. The fourth-order valence-corrected chi connectivity index (χ4v) is 1.78. The van der Waals surface area contributed by atoms with E-state index < -0.39 is 0 Å². The van der Waals surface area contributed by atoms with E-state index in [1.807, 2.05) is 24.3 Å². The molecule has 0 aliphatic rings. The van der Waals surface area contributed by atoms with E-state index in [-0.39, 0.29) is 11.8 Å². The summed E-state index contributed by atoms with van der Waals surface area (Å²) in [5.74, 6) is 0.325. The van der Waals surface area contributed by atoms with Crippen LogP contribution in [0.1, 0.15) is 31.2 Å². The van der Waals surface area contributed by atoms with Gasteiger partial charge in [0.15, 0.2) is 0 Å². The number of benzene rings is 1. The smallest absolute Gasteiger partial charge is 0.220 e. The van der Waals surface area contributed by atoms with Gasteiger partial charge in [0, 0.05) is 18.5 Å². The van der Waals surface area contributed by atoms with Crippen LogP contribution in [0, 0.1) is 0 Å². The predicted octanol–water partition coefficient (Wildman–Crippen LogP) is 2.97. The van der Waals surface area contributed by atoms with Crippen LogP contribution in [0.3, 0.4) is 0 Å². The first-order valence-electron chi connectivity index (χ1n) is 5.13. The highest BCUT2D eigenvalue weighted by molar-refractivity contribution is 6.30. The summed E-state index contributed by atoms with van der Waals surface area (Å²) in [5, 5.41) is 3.37. The number of carbonyl (C=O) groups is 1. The minimum absolute atomic E-state index is 0.0711. The molecule has 0 fully saturated rings. The summed E-state index contributed by atoms with van der Waals surface area (Å²) < 4.78 is 0. The molecule has 0 aromatic heterocycles. The van der Waals surface area contributed by atoms with E-state index in [1.165, 1.54) is 0 Å². The molecule has 0 aliphatic carbocycles. The van der Waals surface area contributed by atoms with Crippen molar-refractivity contribution >= 4 is 17.5 Å². The molecule has 1 amide bonds. The van der Waals surface area contributed by atoms with Crippen molar-refractivity contribution in [2.24, 2.45) is 0 Å². The molecule has 15 heavy (non-hydrogen) atoms. The standard InChI is InChI=1S/C12H16ClNO/c1-3-9(8-12(15)14-2)10-5-4-6-11(13)7-10/h4-7,9H,3,8H2,1-2H3,(H,14,15). The van der Waals surface area contributed by atoms with Crippen molar-refractivity contribution in [3.8, 4) is 0 Å². The number of rotatable bonds is 4. The molecule has 0 spiro atoms. The highest BCUT2D eigenvalue weighted by Gasteiger charge is 2.13. The average Bonchev–Trinajstić information content (AvgIpc) is 2.25. The first kappa shape index (κ1) is 12.1. The quantitative estimate of drug-likeness (QED) is 0.839. The largest absolute Gasteiger partial charge is 0.359 e. The van der Waals surface area contributed by atoms with Gasteiger partial charge in [-0.3, -0.25) is 4.79 Å². The second-order valence-corrected chi connectivity index (χ2v) is 3.97. The SMILES string of the molecule is CCC(CC(=O)NC)c1cccc(Cl)c1. The fraction of sp³-hybridized carbons (Fsp3) is 0.417. The van der Waals surface area contributed by atoms with Crippen LogP contribution in [0.15, 0.2) is 24.3 Å². The average molecular weight is 226 g/mol. The number of halogens is 1. The zero-order valence-electron chi connectivity index (χ0n) is 9.09. The van der Waals surface area contributed by atoms with Crippen molar-refractivity contribution in [1.29, 1.82) is 0 Å². The Bertz CT molecular complexity index is 338. The van der Waals surface area contributed by atoms with Crippen LogP contribution in [0.5, 0.6) is 0 Å². The number of hydrogen-bond donors (Lipinski definition) is 1. The topological polar surface area (TPSA) is 29.1 Å². The minimum atomic E-state index is 0.0711. The molecule has 0 saturated heterocycles. The normalized spacial score (nSPS) is 12.2. The lowest BCUT2D eigenvalue weighted by molar-refractivity contribution is -0.121. The molecule has 3 heteroatoms. The number of amides is 1. The molecule has 1 aromatic carbocycles. The fourth-order valence-electron chi connectivity index (χ4n) is 1.58. The summed E-state index contributed by atoms with van der Waals surface area (Å²) in [6, 6.07) is 7.71. The van der Waals surface area contributed by atoms with E-state index in [9.17, 15) is 4.79 Å². The van der Waals surface area contributed by atoms with Crippen LogP contribution < -0.4 is 5.32 Å². The lowest BCUT2D eigenvalue weighted by Crippen LogP contribution is -2.20. The summed E-state index contributed by atoms with van der Waals surface area (Å²) >= 11 is 5.92. The maximum absolute atomic E-state index is 11.3. The van der Waals surface area contributed by atoms with Gasteiger partial charge in [-0.05, 0) is 30.0 Å².